The lowest BCUT2D eigenvalue weighted by molar-refractivity contribution is 0.520. The summed E-state index contributed by atoms with van der Waals surface area (Å²) in [6.07, 6.45) is 0. The molecular formula is C18H24N2O2S. The van der Waals surface area contributed by atoms with E-state index < -0.39 is 10.0 Å². The second-order valence-corrected chi connectivity index (χ2v) is 8.22. The Morgan fingerprint density at radius 3 is 2.26 bits per heavy atom. The van der Waals surface area contributed by atoms with Crippen molar-refractivity contribution in [3.05, 3.63) is 59.7 Å². The first-order valence-electron chi connectivity index (χ1n) is 7.66. The third kappa shape index (κ3) is 4.33. The molecule has 0 amide bonds. The standard InChI is InChI=1S/C18H24N2O2S/c1-14(2)16-8-10-17(11-9-16)19-13-15-6-5-7-18(12-15)23(21,22)20(3)4/h5-12,14,19H,13H2,1-4H3. The molecule has 0 unspecified atom stereocenters. The van der Waals surface area contributed by atoms with E-state index >= 15 is 0 Å². The van der Waals surface area contributed by atoms with E-state index in [1.807, 2.05) is 6.07 Å². The summed E-state index contributed by atoms with van der Waals surface area (Å²) in [7, 11) is -0.315. The van der Waals surface area contributed by atoms with Gasteiger partial charge in [-0.25, -0.2) is 12.7 Å². The Hall–Kier alpha value is -1.85. The third-order valence-electron chi connectivity index (χ3n) is 3.75. The van der Waals surface area contributed by atoms with E-state index in [4.69, 9.17) is 0 Å². The van der Waals surface area contributed by atoms with Crippen LogP contribution in [0.2, 0.25) is 0 Å². The molecule has 0 aliphatic heterocycles. The summed E-state index contributed by atoms with van der Waals surface area (Å²) >= 11 is 0. The van der Waals surface area contributed by atoms with Crippen molar-refractivity contribution in [2.75, 3.05) is 19.4 Å². The highest BCUT2D eigenvalue weighted by Crippen LogP contribution is 2.19. The van der Waals surface area contributed by atoms with Crippen molar-refractivity contribution >= 4 is 15.7 Å². The van der Waals surface area contributed by atoms with Crippen molar-refractivity contribution in [2.24, 2.45) is 0 Å². The summed E-state index contributed by atoms with van der Waals surface area (Å²) in [5.74, 6) is 0.511. The van der Waals surface area contributed by atoms with E-state index in [9.17, 15) is 8.42 Å². The van der Waals surface area contributed by atoms with Crippen molar-refractivity contribution in [1.82, 2.24) is 4.31 Å². The van der Waals surface area contributed by atoms with Crippen LogP contribution in [0.3, 0.4) is 0 Å². The van der Waals surface area contributed by atoms with Gasteiger partial charge in [0.1, 0.15) is 0 Å². The monoisotopic (exact) mass is 332 g/mol. The minimum absolute atomic E-state index is 0.317. The van der Waals surface area contributed by atoms with Crippen molar-refractivity contribution in [2.45, 2.75) is 31.2 Å². The molecule has 0 heterocycles. The maximum absolute atomic E-state index is 12.2. The molecule has 0 aliphatic carbocycles. The minimum atomic E-state index is -3.39. The van der Waals surface area contributed by atoms with Crippen LogP contribution in [-0.4, -0.2) is 26.8 Å². The number of anilines is 1. The number of hydrogen-bond donors (Lipinski definition) is 1. The molecule has 2 rings (SSSR count). The molecule has 0 atom stereocenters. The van der Waals surface area contributed by atoms with Crippen LogP contribution in [0.4, 0.5) is 5.69 Å². The highest BCUT2D eigenvalue weighted by molar-refractivity contribution is 7.89. The summed E-state index contributed by atoms with van der Waals surface area (Å²) < 4.78 is 25.6. The average molecular weight is 332 g/mol. The second kappa shape index (κ2) is 7.15. The summed E-state index contributed by atoms with van der Waals surface area (Å²) in [5, 5.41) is 3.33. The van der Waals surface area contributed by atoms with Crippen LogP contribution in [0.5, 0.6) is 0 Å². The number of rotatable bonds is 6. The first-order chi connectivity index (χ1) is 10.8. The lowest BCUT2D eigenvalue weighted by atomic mass is 10.0. The fourth-order valence-corrected chi connectivity index (χ4v) is 3.19. The summed E-state index contributed by atoms with van der Waals surface area (Å²) in [4.78, 5) is 0.317. The van der Waals surface area contributed by atoms with Crippen molar-refractivity contribution in [3.63, 3.8) is 0 Å². The molecule has 0 saturated heterocycles. The number of nitrogens with zero attached hydrogens (tertiary/aromatic N) is 1. The molecule has 1 N–H and O–H groups in total. The molecule has 23 heavy (non-hydrogen) atoms. The van der Waals surface area contributed by atoms with E-state index in [0.29, 0.717) is 17.4 Å². The zero-order valence-electron chi connectivity index (χ0n) is 14.1. The highest BCUT2D eigenvalue weighted by atomic mass is 32.2. The molecule has 124 valence electrons. The van der Waals surface area contributed by atoms with Crippen LogP contribution in [0.15, 0.2) is 53.4 Å². The smallest absolute Gasteiger partial charge is 0.242 e. The van der Waals surface area contributed by atoms with Gasteiger partial charge in [-0.15, -0.1) is 0 Å². The Balaban J connectivity index is 2.09. The Morgan fingerprint density at radius 1 is 1.04 bits per heavy atom. The molecular weight excluding hydrogens is 308 g/mol. The Morgan fingerprint density at radius 2 is 1.70 bits per heavy atom. The zero-order valence-corrected chi connectivity index (χ0v) is 14.9. The van der Waals surface area contributed by atoms with E-state index in [-0.39, 0.29) is 0 Å². The van der Waals surface area contributed by atoms with Gasteiger partial charge >= 0.3 is 0 Å². The number of nitrogens with one attached hydrogen (secondary N) is 1. The first-order valence-corrected chi connectivity index (χ1v) is 9.10. The van der Waals surface area contributed by atoms with E-state index in [2.05, 4.69) is 43.4 Å². The lowest BCUT2D eigenvalue weighted by Gasteiger charge is -2.13. The predicted octanol–water partition coefficient (Wildman–Crippen LogP) is 3.67. The molecule has 0 spiro atoms. The van der Waals surface area contributed by atoms with Gasteiger partial charge in [0, 0.05) is 26.3 Å². The Labute approximate surface area is 139 Å². The van der Waals surface area contributed by atoms with Crippen molar-refractivity contribution in [1.29, 1.82) is 0 Å². The predicted molar refractivity (Wildman–Crippen MR) is 95.2 cm³/mol. The van der Waals surface area contributed by atoms with Crippen LogP contribution in [0.1, 0.15) is 30.9 Å². The van der Waals surface area contributed by atoms with Crippen molar-refractivity contribution < 1.29 is 8.42 Å². The van der Waals surface area contributed by atoms with Crippen LogP contribution < -0.4 is 5.32 Å². The molecule has 0 fully saturated rings. The Kier molecular flexibility index (Phi) is 5.44. The third-order valence-corrected chi connectivity index (χ3v) is 5.56. The summed E-state index contributed by atoms with van der Waals surface area (Å²) in [6, 6.07) is 15.4. The van der Waals surface area contributed by atoms with Crippen LogP contribution in [-0.2, 0) is 16.6 Å². The van der Waals surface area contributed by atoms with Crippen LogP contribution in [0, 0.1) is 0 Å². The maximum atomic E-state index is 12.2. The van der Waals surface area contributed by atoms with Crippen LogP contribution in [0.25, 0.3) is 0 Å². The summed E-state index contributed by atoms with van der Waals surface area (Å²) in [6.45, 7) is 4.91. The minimum Gasteiger partial charge on any atom is -0.381 e. The van der Waals surface area contributed by atoms with Gasteiger partial charge in [-0.3, -0.25) is 0 Å². The fourth-order valence-electron chi connectivity index (χ4n) is 2.22. The zero-order chi connectivity index (χ0) is 17.0. The Bertz CT molecular complexity index is 751. The molecule has 4 nitrogen and oxygen atoms in total. The van der Waals surface area contributed by atoms with Gasteiger partial charge in [0.25, 0.3) is 0 Å². The number of sulfonamides is 1. The van der Waals surface area contributed by atoms with Crippen LogP contribution >= 0.6 is 0 Å². The van der Waals surface area contributed by atoms with E-state index in [1.54, 1.807) is 18.2 Å². The summed E-state index contributed by atoms with van der Waals surface area (Å²) in [5.41, 5.74) is 3.26. The molecule has 0 saturated carbocycles. The highest BCUT2D eigenvalue weighted by Gasteiger charge is 2.16. The number of hydrogen-bond acceptors (Lipinski definition) is 3. The molecule has 0 aliphatic rings. The average Bonchev–Trinajstić information content (AvgIpc) is 2.53. The van der Waals surface area contributed by atoms with Gasteiger partial charge in [-0.1, -0.05) is 38.1 Å². The van der Waals surface area contributed by atoms with Gasteiger partial charge < -0.3 is 5.32 Å². The van der Waals surface area contributed by atoms with Gasteiger partial charge in [-0.05, 0) is 41.3 Å². The second-order valence-electron chi connectivity index (χ2n) is 6.07. The molecule has 0 radical (unpaired) electrons. The fraction of sp³-hybridized carbons (Fsp3) is 0.333. The first kappa shape index (κ1) is 17.5. The maximum Gasteiger partial charge on any atom is 0.242 e. The van der Waals surface area contributed by atoms with E-state index in [0.717, 1.165) is 11.3 Å². The molecule has 2 aromatic carbocycles. The van der Waals surface area contributed by atoms with Gasteiger partial charge in [-0.2, -0.15) is 0 Å². The van der Waals surface area contributed by atoms with Gasteiger partial charge in [0.15, 0.2) is 0 Å². The largest absolute Gasteiger partial charge is 0.381 e. The SMILES string of the molecule is CC(C)c1ccc(NCc2cccc(S(=O)(=O)N(C)C)c2)cc1. The van der Waals surface area contributed by atoms with Gasteiger partial charge in [0.2, 0.25) is 10.0 Å². The lowest BCUT2D eigenvalue weighted by Crippen LogP contribution is -2.22. The quantitative estimate of drug-likeness (QED) is 0.878. The van der Waals surface area contributed by atoms with E-state index in [1.165, 1.54) is 24.0 Å². The van der Waals surface area contributed by atoms with Gasteiger partial charge in [0.05, 0.1) is 4.90 Å². The van der Waals surface area contributed by atoms with Crippen molar-refractivity contribution in [3.8, 4) is 0 Å². The molecule has 5 heteroatoms. The number of benzene rings is 2. The topological polar surface area (TPSA) is 49.4 Å². The molecule has 0 bridgehead atoms. The molecule has 2 aromatic rings. The molecule has 0 aromatic heterocycles. The normalized spacial score (nSPS) is 11.9.